The SMILES string of the molecule is CC(C)(C)OC(=O)NC1CCN(CC(O)c2ccccc2Cl)CC1. The van der Waals surface area contributed by atoms with Crippen LogP contribution in [0, 0.1) is 0 Å². The number of benzene rings is 1. The van der Waals surface area contributed by atoms with E-state index in [4.69, 9.17) is 16.3 Å². The van der Waals surface area contributed by atoms with Gasteiger partial charge in [0.05, 0.1) is 6.10 Å². The Labute approximate surface area is 148 Å². The minimum absolute atomic E-state index is 0.119. The molecule has 1 aliphatic heterocycles. The zero-order valence-corrected chi connectivity index (χ0v) is 15.3. The van der Waals surface area contributed by atoms with E-state index in [0.29, 0.717) is 11.6 Å². The Balaban J connectivity index is 1.77. The van der Waals surface area contributed by atoms with E-state index in [9.17, 15) is 9.90 Å². The number of ether oxygens (including phenoxy) is 1. The summed E-state index contributed by atoms with van der Waals surface area (Å²) in [6, 6.07) is 7.49. The third-order valence-electron chi connectivity index (χ3n) is 4.00. The number of hydrogen-bond donors (Lipinski definition) is 2. The van der Waals surface area contributed by atoms with E-state index in [1.807, 2.05) is 39.0 Å². The van der Waals surface area contributed by atoms with Gasteiger partial charge in [0.2, 0.25) is 0 Å². The number of nitrogens with one attached hydrogen (secondary N) is 1. The summed E-state index contributed by atoms with van der Waals surface area (Å²) in [5, 5.41) is 13.9. The van der Waals surface area contributed by atoms with Crippen molar-refractivity contribution < 1.29 is 14.6 Å². The molecule has 0 bridgehead atoms. The lowest BCUT2D eigenvalue weighted by Crippen LogP contribution is -2.46. The van der Waals surface area contributed by atoms with Crippen LogP contribution < -0.4 is 5.32 Å². The topological polar surface area (TPSA) is 61.8 Å². The Morgan fingerprint density at radius 3 is 2.58 bits per heavy atom. The molecule has 0 saturated carbocycles. The molecule has 0 aliphatic carbocycles. The number of carbonyl (C=O) groups is 1. The number of aliphatic hydroxyl groups excluding tert-OH is 1. The Hall–Kier alpha value is -1.30. The lowest BCUT2D eigenvalue weighted by molar-refractivity contribution is 0.0459. The predicted octanol–water partition coefficient (Wildman–Crippen LogP) is 3.36. The van der Waals surface area contributed by atoms with Crippen molar-refractivity contribution in [2.75, 3.05) is 19.6 Å². The molecule has 134 valence electrons. The van der Waals surface area contributed by atoms with Gasteiger partial charge in [0.1, 0.15) is 5.60 Å². The number of hydrogen-bond acceptors (Lipinski definition) is 4. The second kappa shape index (κ2) is 8.19. The number of nitrogens with zero attached hydrogens (tertiary/aromatic N) is 1. The molecule has 1 amide bonds. The second-order valence-electron chi connectivity index (χ2n) is 7.26. The highest BCUT2D eigenvalue weighted by Crippen LogP contribution is 2.24. The molecule has 1 unspecified atom stereocenters. The van der Waals surface area contributed by atoms with Gasteiger partial charge in [-0.1, -0.05) is 29.8 Å². The predicted molar refractivity (Wildman–Crippen MR) is 95.2 cm³/mol. The monoisotopic (exact) mass is 354 g/mol. The van der Waals surface area contributed by atoms with Crippen molar-refractivity contribution in [3.63, 3.8) is 0 Å². The summed E-state index contributed by atoms with van der Waals surface area (Å²) >= 11 is 6.13. The zero-order valence-electron chi connectivity index (χ0n) is 14.6. The number of amides is 1. The summed E-state index contributed by atoms with van der Waals surface area (Å²) < 4.78 is 5.28. The van der Waals surface area contributed by atoms with E-state index in [-0.39, 0.29) is 12.1 Å². The molecular weight excluding hydrogens is 328 g/mol. The van der Waals surface area contributed by atoms with Crippen LogP contribution in [0.3, 0.4) is 0 Å². The molecule has 1 atom stereocenters. The van der Waals surface area contributed by atoms with Gasteiger partial charge in [0, 0.05) is 36.3 Å². The average Bonchev–Trinajstić information content (AvgIpc) is 2.47. The van der Waals surface area contributed by atoms with Gasteiger partial charge in [-0.3, -0.25) is 0 Å². The molecule has 1 heterocycles. The Morgan fingerprint density at radius 1 is 1.38 bits per heavy atom. The van der Waals surface area contributed by atoms with E-state index in [0.717, 1.165) is 31.5 Å². The fraction of sp³-hybridized carbons (Fsp3) is 0.611. The number of likely N-dealkylation sites (tertiary alicyclic amines) is 1. The van der Waals surface area contributed by atoms with Crippen molar-refractivity contribution in [2.24, 2.45) is 0 Å². The van der Waals surface area contributed by atoms with Gasteiger partial charge < -0.3 is 20.1 Å². The number of rotatable bonds is 4. The maximum atomic E-state index is 11.8. The molecule has 1 aromatic rings. The van der Waals surface area contributed by atoms with Crippen LogP contribution in [0.25, 0.3) is 0 Å². The van der Waals surface area contributed by atoms with Crippen molar-refractivity contribution in [3.05, 3.63) is 34.9 Å². The molecule has 0 spiro atoms. The van der Waals surface area contributed by atoms with Gasteiger partial charge >= 0.3 is 6.09 Å². The van der Waals surface area contributed by atoms with Gasteiger partial charge in [-0.15, -0.1) is 0 Å². The number of carbonyl (C=O) groups excluding carboxylic acids is 1. The summed E-state index contributed by atoms with van der Waals surface area (Å²) in [6.07, 6.45) is 0.717. The highest BCUT2D eigenvalue weighted by molar-refractivity contribution is 6.31. The van der Waals surface area contributed by atoms with Gasteiger partial charge in [-0.2, -0.15) is 0 Å². The molecule has 2 rings (SSSR count). The van der Waals surface area contributed by atoms with E-state index >= 15 is 0 Å². The summed E-state index contributed by atoms with van der Waals surface area (Å²) in [6.45, 7) is 7.74. The van der Waals surface area contributed by atoms with E-state index < -0.39 is 11.7 Å². The number of piperidine rings is 1. The van der Waals surface area contributed by atoms with Gasteiger partial charge in [-0.25, -0.2) is 4.79 Å². The minimum atomic E-state index is -0.603. The van der Waals surface area contributed by atoms with Crippen LogP contribution in [-0.2, 0) is 4.74 Å². The van der Waals surface area contributed by atoms with Crippen LogP contribution in [-0.4, -0.2) is 47.4 Å². The Morgan fingerprint density at radius 2 is 2.00 bits per heavy atom. The van der Waals surface area contributed by atoms with Crippen molar-refractivity contribution >= 4 is 17.7 Å². The smallest absolute Gasteiger partial charge is 0.407 e. The largest absolute Gasteiger partial charge is 0.444 e. The standard InChI is InChI=1S/C18H27ClN2O3/c1-18(2,3)24-17(23)20-13-8-10-21(11-9-13)12-16(22)14-6-4-5-7-15(14)19/h4-7,13,16,22H,8-12H2,1-3H3,(H,20,23). The lowest BCUT2D eigenvalue weighted by Gasteiger charge is -2.34. The van der Waals surface area contributed by atoms with Crippen LogP contribution in [0.5, 0.6) is 0 Å². The first kappa shape index (κ1) is 19.0. The van der Waals surface area contributed by atoms with Gasteiger partial charge in [0.15, 0.2) is 0 Å². The fourth-order valence-electron chi connectivity index (χ4n) is 2.82. The molecule has 24 heavy (non-hydrogen) atoms. The van der Waals surface area contributed by atoms with E-state index in [2.05, 4.69) is 10.2 Å². The Bertz CT molecular complexity index is 551. The fourth-order valence-corrected chi connectivity index (χ4v) is 3.08. The van der Waals surface area contributed by atoms with Crippen molar-refractivity contribution in [3.8, 4) is 0 Å². The molecule has 0 aromatic heterocycles. The number of β-amino-alcohol motifs (C(OH)–C–C–N with tert-alkyl or cyclic N) is 1. The summed E-state index contributed by atoms with van der Waals surface area (Å²) in [5.74, 6) is 0. The maximum absolute atomic E-state index is 11.8. The minimum Gasteiger partial charge on any atom is -0.444 e. The van der Waals surface area contributed by atoms with Gasteiger partial charge in [-0.05, 0) is 39.7 Å². The summed E-state index contributed by atoms with van der Waals surface area (Å²) in [7, 11) is 0. The van der Waals surface area contributed by atoms with Crippen LogP contribution in [0.1, 0.15) is 45.3 Å². The third-order valence-corrected chi connectivity index (χ3v) is 4.35. The van der Waals surface area contributed by atoms with Crippen LogP contribution in [0.15, 0.2) is 24.3 Å². The molecule has 6 heteroatoms. The third kappa shape index (κ3) is 5.96. The second-order valence-corrected chi connectivity index (χ2v) is 7.67. The summed E-state index contributed by atoms with van der Waals surface area (Å²) in [4.78, 5) is 14.0. The molecule has 1 saturated heterocycles. The summed E-state index contributed by atoms with van der Waals surface area (Å²) in [5.41, 5.74) is 0.275. The first-order valence-electron chi connectivity index (χ1n) is 8.39. The zero-order chi connectivity index (χ0) is 17.7. The van der Waals surface area contributed by atoms with Crippen LogP contribution in [0.4, 0.5) is 4.79 Å². The van der Waals surface area contributed by atoms with E-state index in [1.54, 1.807) is 6.07 Å². The number of alkyl carbamates (subject to hydrolysis) is 1. The molecule has 1 aromatic carbocycles. The van der Waals surface area contributed by atoms with Crippen molar-refractivity contribution in [2.45, 2.75) is 51.4 Å². The molecule has 2 N–H and O–H groups in total. The maximum Gasteiger partial charge on any atom is 0.407 e. The Kier molecular flexibility index (Phi) is 6.49. The molecule has 5 nitrogen and oxygen atoms in total. The highest BCUT2D eigenvalue weighted by atomic mass is 35.5. The molecule has 0 radical (unpaired) electrons. The molecule has 1 aliphatic rings. The number of halogens is 1. The van der Waals surface area contributed by atoms with Crippen molar-refractivity contribution in [1.29, 1.82) is 0 Å². The molecule has 1 fully saturated rings. The first-order valence-corrected chi connectivity index (χ1v) is 8.77. The highest BCUT2D eigenvalue weighted by Gasteiger charge is 2.25. The van der Waals surface area contributed by atoms with E-state index in [1.165, 1.54) is 0 Å². The van der Waals surface area contributed by atoms with Crippen LogP contribution >= 0.6 is 11.6 Å². The normalized spacial score (nSPS) is 18.2. The average molecular weight is 355 g/mol. The van der Waals surface area contributed by atoms with Gasteiger partial charge in [0.25, 0.3) is 0 Å². The quantitative estimate of drug-likeness (QED) is 0.870. The first-order chi connectivity index (χ1) is 11.2. The van der Waals surface area contributed by atoms with Crippen molar-refractivity contribution in [1.82, 2.24) is 10.2 Å². The molecular formula is C18H27ClN2O3. The lowest BCUT2D eigenvalue weighted by atomic mass is 10.0. The number of aliphatic hydroxyl groups is 1. The van der Waals surface area contributed by atoms with Crippen LogP contribution in [0.2, 0.25) is 5.02 Å².